The molecule has 0 aromatic carbocycles. The Labute approximate surface area is 124 Å². The van der Waals surface area contributed by atoms with E-state index < -0.39 is 11.7 Å². The van der Waals surface area contributed by atoms with Gasteiger partial charge in [0.2, 0.25) is 0 Å². The van der Waals surface area contributed by atoms with Crippen molar-refractivity contribution in [1.29, 1.82) is 0 Å². The first-order valence-electron chi connectivity index (χ1n) is 7.61. The maximum atomic E-state index is 11.7. The molecular weight excluding hydrogens is 255 g/mol. The Bertz CT molecular complexity index is 292. The third-order valence-corrected chi connectivity index (χ3v) is 3.16. The monoisotopic (exact) mass is 286 g/mol. The van der Waals surface area contributed by atoms with Gasteiger partial charge in [0.1, 0.15) is 0 Å². The predicted molar refractivity (Wildman–Crippen MR) is 83.7 cm³/mol. The molecule has 0 aromatic rings. The third kappa shape index (κ3) is 8.46. The zero-order valence-electron chi connectivity index (χ0n) is 14.2. The Hall–Kier alpha value is -0.705. The summed E-state index contributed by atoms with van der Waals surface area (Å²) in [6, 6.07) is 0. The standard InChI is InChI=1S/C15H31BO4/c1-8-10-18-13(17)20-15(7,9-2)16-14(5,6)11-19-12(3)4/h12,16H,8-11H2,1-7H3. The average molecular weight is 286 g/mol. The van der Waals surface area contributed by atoms with E-state index in [1.807, 2.05) is 34.6 Å². The number of carbonyl (C=O) groups is 1. The van der Waals surface area contributed by atoms with E-state index in [1.165, 1.54) is 0 Å². The van der Waals surface area contributed by atoms with Gasteiger partial charge in [-0.1, -0.05) is 27.7 Å². The minimum atomic E-state index is -0.572. The maximum Gasteiger partial charge on any atom is 0.508 e. The van der Waals surface area contributed by atoms with Crippen molar-refractivity contribution in [2.75, 3.05) is 13.2 Å². The van der Waals surface area contributed by atoms with E-state index in [1.54, 1.807) is 0 Å². The molecule has 0 fully saturated rings. The number of hydrogen-bond acceptors (Lipinski definition) is 4. The second-order valence-corrected chi connectivity index (χ2v) is 6.70. The summed E-state index contributed by atoms with van der Waals surface area (Å²) in [6.45, 7) is 15.3. The number of rotatable bonds is 9. The molecular formula is C15H31BO4. The number of carbonyl (C=O) groups excluding carboxylic acids is 1. The molecule has 0 heterocycles. The molecule has 0 aromatic heterocycles. The Morgan fingerprint density at radius 3 is 2.25 bits per heavy atom. The zero-order valence-corrected chi connectivity index (χ0v) is 14.2. The van der Waals surface area contributed by atoms with Gasteiger partial charge < -0.3 is 14.2 Å². The second kappa shape index (κ2) is 8.55. The fourth-order valence-electron chi connectivity index (χ4n) is 2.10. The largest absolute Gasteiger partial charge is 0.508 e. The van der Waals surface area contributed by atoms with E-state index in [0.717, 1.165) is 20.1 Å². The van der Waals surface area contributed by atoms with Crippen LogP contribution in [0, 0.1) is 0 Å². The van der Waals surface area contributed by atoms with Gasteiger partial charge >= 0.3 is 6.16 Å². The molecule has 0 radical (unpaired) electrons. The average Bonchev–Trinajstić information content (AvgIpc) is 2.33. The number of ether oxygens (including phenoxy) is 3. The lowest BCUT2D eigenvalue weighted by Gasteiger charge is -2.35. The van der Waals surface area contributed by atoms with Crippen molar-refractivity contribution in [1.82, 2.24) is 0 Å². The Morgan fingerprint density at radius 1 is 1.20 bits per heavy atom. The van der Waals surface area contributed by atoms with E-state index in [2.05, 4.69) is 13.8 Å². The molecule has 4 nitrogen and oxygen atoms in total. The van der Waals surface area contributed by atoms with Crippen LogP contribution in [0.4, 0.5) is 4.79 Å². The summed E-state index contributed by atoms with van der Waals surface area (Å²) in [5.41, 5.74) is -0.519. The fraction of sp³-hybridized carbons (Fsp3) is 0.933. The van der Waals surface area contributed by atoms with Crippen molar-refractivity contribution in [3.05, 3.63) is 0 Å². The molecule has 0 aliphatic rings. The SMILES string of the molecule is CCCOC(=O)OC(C)(BC(C)(C)COC(C)C)CC. The van der Waals surface area contributed by atoms with Crippen LogP contribution in [0.3, 0.4) is 0 Å². The van der Waals surface area contributed by atoms with Gasteiger partial charge in [0.25, 0.3) is 0 Å². The van der Waals surface area contributed by atoms with Crippen molar-refractivity contribution in [2.24, 2.45) is 0 Å². The Kier molecular flexibility index (Phi) is 8.25. The van der Waals surface area contributed by atoms with Crippen LogP contribution in [0.5, 0.6) is 0 Å². The molecule has 1 atom stereocenters. The summed E-state index contributed by atoms with van der Waals surface area (Å²) >= 11 is 0. The van der Waals surface area contributed by atoms with Crippen molar-refractivity contribution < 1.29 is 19.0 Å². The summed E-state index contributed by atoms with van der Waals surface area (Å²) < 4.78 is 16.2. The normalized spacial score (nSPS) is 14.8. The first-order valence-corrected chi connectivity index (χ1v) is 7.61. The summed E-state index contributed by atoms with van der Waals surface area (Å²) in [5.74, 6) is 0. The molecule has 0 rings (SSSR count). The van der Waals surface area contributed by atoms with Gasteiger partial charge in [-0.05, 0) is 38.9 Å². The molecule has 0 spiro atoms. The van der Waals surface area contributed by atoms with Crippen LogP contribution in [0.15, 0.2) is 0 Å². The zero-order chi connectivity index (χ0) is 15.8. The summed E-state index contributed by atoms with van der Waals surface area (Å²) in [4.78, 5) is 11.7. The van der Waals surface area contributed by atoms with Crippen LogP contribution in [0.1, 0.15) is 61.3 Å². The lowest BCUT2D eigenvalue weighted by atomic mass is 9.44. The van der Waals surface area contributed by atoms with Crippen LogP contribution < -0.4 is 0 Å². The Morgan fingerprint density at radius 2 is 1.80 bits per heavy atom. The molecule has 0 saturated carbocycles. The van der Waals surface area contributed by atoms with Gasteiger partial charge in [-0.15, -0.1) is 0 Å². The molecule has 0 saturated heterocycles. The van der Waals surface area contributed by atoms with Gasteiger partial charge in [0.15, 0.2) is 7.28 Å². The van der Waals surface area contributed by atoms with Crippen molar-refractivity contribution in [2.45, 2.75) is 78.2 Å². The van der Waals surface area contributed by atoms with Crippen LogP contribution in [-0.4, -0.2) is 38.3 Å². The molecule has 0 aliphatic carbocycles. The van der Waals surface area contributed by atoms with Gasteiger partial charge in [-0.2, -0.15) is 0 Å². The Balaban J connectivity index is 4.51. The van der Waals surface area contributed by atoms with Crippen molar-refractivity contribution in [3.63, 3.8) is 0 Å². The van der Waals surface area contributed by atoms with Crippen LogP contribution in [0.25, 0.3) is 0 Å². The van der Waals surface area contributed by atoms with Crippen LogP contribution >= 0.6 is 0 Å². The van der Waals surface area contributed by atoms with Crippen molar-refractivity contribution in [3.8, 4) is 0 Å². The van der Waals surface area contributed by atoms with E-state index in [4.69, 9.17) is 14.2 Å². The summed E-state index contributed by atoms with van der Waals surface area (Å²) in [5, 5.41) is -0.0555. The smallest absolute Gasteiger partial charge is 0.437 e. The van der Waals surface area contributed by atoms with E-state index in [0.29, 0.717) is 13.2 Å². The molecule has 0 amide bonds. The minimum absolute atomic E-state index is 0.0555. The van der Waals surface area contributed by atoms with Crippen LogP contribution in [0.2, 0.25) is 5.31 Å². The molecule has 20 heavy (non-hydrogen) atoms. The molecule has 5 heteroatoms. The third-order valence-electron chi connectivity index (χ3n) is 3.16. The highest BCUT2D eigenvalue weighted by Gasteiger charge is 2.37. The van der Waals surface area contributed by atoms with Crippen molar-refractivity contribution >= 4 is 13.4 Å². The summed E-state index contributed by atoms with van der Waals surface area (Å²) in [7, 11) is 0.741. The highest BCUT2D eigenvalue weighted by atomic mass is 16.7. The lowest BCUT2D eigenvalue weighted by Crippen LogP contribution is -2.44. The second-order valence-electron chi connectivity index (χ2n) is 6.70. The molecule has 1 unspecified atom stereocenters. The van der Waals surface area contributed by atoms with Gasteiger partial charge in [0, 0.05) is 6.61 Å². The van der Waals surface area contributed by atoms with Gasteiger partial charge in [-0.25, -0.2) is 4.79 Å². The lowest BCUT2D eigenvalue weighted by molar-refractivity contribution is 0.00608. The van der Waals surface area contributed by atoms with Gasteiger partial charge in [0.05, 0.1) is 18.2 Å². The first-order chi connectivity index (χ1) is 9.14. The highest BCUT2D eigenvalue weighted by Crippen LogP contribution is 2.31. The molecule has 0 bridgehead atoms. The molecule has 0 N–H and O–H groups in total. The first kappa shape index (κ1) is 19.3. The minimum Gasteiger partial charge on any atom is -0.437 e. The van der Waals surface area contributed by atoms with Crippen LogP contribution in [-0.2, 0) is 14.2 Å². The van der Waals surface area contributed by atoms with E-state index in [-0.39, 0.29) is 11.4 Å². The topological polar surface area (TPSA) is 44.8 Å². The quantitative estimate of drug-likeness (QED) is 0.478. The predicted octanol–water partition coefficient (Wildman–Crippen LogP) is 3.74. The molecule has 0 aliphatic heterocycles. The van der Waals surface area contributed by atoms with E-state index in [9.17, 15) is 4.79 Å². The highest BCUT2D eigenvalue weighted by molar-refractivity contribution is 6.43. The van der Waals surface area contributed by atoms with E-state index >= 15 is 0 Å². The number of hydrogen-bond donors (Lipinski definition) is 0. The molecule has 118 valence electrons. The fourth-order valence-corrected chi connectivity index (χ4v) is 2.10. The summed E-state index contributed by atoms with van der Waals surface area (Å²) in [6.07, 6.45) is 1.18. The van der Waals surface area contributed by atoms with Gasteiger partial charge in [-0.3, -0.25) is 0 Å². The maximum absolute atomic E-state index is 11.7.